The Hall–Kier alpha value is -2.41. The summed E-state index contributed by atoms with van der Waals surface area (Å²) < 4.78 is 10.5. The van der Waals surface area contributed by atoms with E-state index in [2.05, 4.69) is 20.8 Å². The zero-order chi connectivity index (χ0) is 15.8. The molecule has 0 fully saturated rings. The fourth-order valence-corrected chi connectivity index (χ4v) is 1.83. The Morgan fingerprint density at radius 1 is 1.32 bits per heavy atom. The van der Waals surface area contributed by atoms with Crippen LogP contribution in [0.1, 0.15) is 24.6 Å². The third-order valence-corrected chi connectivity index (χ3v) is 2.90. The summed E-state index contributed by atoms with van der Waals surface area (Å²) in [5, 5.41) is 9.54. The number of carbonyl (C=O) groups excluding carboxylic acids is 1. The van der Waals surface area contributed by atoms with Crippen LogP contribution in [0.5, 0.6) is 5.75 Å². The SMILES string of the molecule is CNCCCC(=O)Nc1ccc(OCc2nc(C)no2)cc1. The molecule has 1 amide bonds. The second-order valence-electron chi connectivity index (χ2n) is 4.80. The van der Waals surface area contributed by atoms with Gasteiger partial charge in [-0.15, -0.1) is 0 Å². The number of nitrogens with zero attached hydrogens (tertiary/aromatic N) is 2. The van der Waals surface area contributed by atoms with Gasteiger partial charge in [-0.2, -0.15) is 4.98 Å². The van der Waals surface area contributed by atoms with Gasteiger partial charge in [0.2, 0.25) is 5.91 Å². The number of aryl methyl sites for hydroxylation is 1. The Balaban J connectivity index is 1.78. The zero-order valence-corrected chi connectivity index (χ0v) is 12.8. The molecule has 0 saturated carbocycles. The van der Waals surface area contributed by atoms with Crippen molar-refractivity contribution in [3.8, 4) is 5.75 Å². The number of ether oxygens (including phenoxy) is 1. The summed E-state index contributed by atoms with van der Waals surface area (Å²) in [5.41, 5.74) is 0.746. The second kappa shape index (κ2) is 8.14. The number of benzene rings is 1. The van der Waals surface area contributed by atoms with Crippen molar-refractivity contribution in [3.63, 3.8) is 0 Å². The second-order valence-corrected chi connectivity index (χ2v) is 4.80. The Morgan fingerprint density at radius 2 is 2.09 bits per heavy atom. The lowest BCUT2D eigenvalue weighted by atomic mass is 10.2. The zero-order valence-electron chi connectivity index (χ0n) is 12.8. The minimum Gasteiger partial charge on any atom is -0.484 e. The van der Waals surface area contributed by atoms with E-state index in [9.17, 15) is 4.79 Å². The minimum atomic E-state index is 0.00486. The molecule has 0 spiro atoms. The first kappa shape index (κ1) is 16.0. The van der Waals surface area contributed by atoms with E-state index in [0.29, 0.717) is 23.9 Å². The molecule has 0 atom stereocenters. The van der Waals surface area contributed by atoms with E-state index in [1.165, 1.54) is 0 Å². The summed E-state index contributed by atoms with van der Waals surface area (Å²) >= 11 is 0. The molecule has 2 N–H and O–H groups in total. The smallest absolute Gasteiger partial charge is 0.264 e. The Kier molecular flexibility index (Phi) is 5.91. The molecule has 2 aromatic rings. The van der Waals surface area contributed by atoms with Gasteiger partial charge in [-0.25, -0.2) is 0 Å². The molecule has 118 valence electrons. The molecule has 0 radical (unpaired) electrons. The molecule has 2 rings (SSSR count). The van der Waals surface area contributed by atoms with Crippen LogP contribution < -0.4 is 15.4 Å². The summed E-state index contributed by atoms with van der Waals surface area (Å²) in [5.74, 6) is 1.68. The molecular formula is C15H20N4O3. The van der Waals surface area contributed by atoms with Crippen molar-refractivity contribution in [1.29, 1.82) is 0 Å². The maximum absolute atomic E-state index is 11.7. The van der Waals surface area contributed by atoms with Crippen molar-refractivity contribution in [3.05, 3.63) is 36.0 Å². The van der Waals surface area contributed by atoms with Gasteiger partial charge >= 0.3 is 0 Å². The summed E-state index contributed by atoms with van der Waals surface area (Å²) in [7, 11) is 1.87. The first-order valence-electron chi connectivity index (χ1n) is 7.14. The highest BCUT2D eigenvalue weighted by Gasteiger charge is 2.05. The van der Waals surface area contributed by atoms with Crippen LogP contribution >= 0.6 is 0 Å². The highest BCUT2D eigenvalue weighted by atomic mass is 16.5. The van der Waals surface area contributed by atoms with Crippen molar-refractivity contribution in [2.75, 3.05) is 18.9 Å². The molecule has 1 aromatic heterocycles. The number of carbonyl (C=O) groups is 1. The van der Waals surface area contributed by atoms with Gasteiger partial charge in [-0.1, -0.05) is 5.16 Å². The number of amides is 1. The van der Waals surface area contributed by atoms with Gasteiger partial charge in [-0.3, -0.25) is 4.79 Å². The molecule has 0 saturated heterocycles. The van der Waals surface area contributed by atoms with Crippen LogP contribution in [0.3, 0.4) is 0 Å². The summed E-state index contributed by atoms with van der Waals surface area (Å²) in [6.45, 7) is 2.80. The fourth-order valence-electron chi connectivity index (χ4n) is 1.83. The third kappa shape index (κ3) is 5.17. The van der Waals surface area contributed by atoms with Crippen LogP contribution in [-0.2, 0) is 11.4 Å². The van der Waals surface area contributed by atoms with E-state index >= 15 is 0 Å². The van der Waals surface area contributed by atoms with Gasteiger partial charge in [0.15, 0.2) is 12.4 Å². The lowest BCUT2D eigenvalue weighted by Gasteiger charge is -2.07. The minimum absolute atomic E-state index is 0.00486. The van der Waals surface area contributed by atoms with Crippen molar-refractivity contribution in [1.82, 2.24) is 15.5 Å². The Bertz CT molecular complexity index is 595. The average Bonchev–Trinajstić information content (AvgIpc) is 2.92. The number of rotatable bonds is 8. The van der Waals surface area contributed by atoms with Crippen LogP contribution in [-0.4, -0.2) is 29.6 Å². The van der Waals surface area contributed by atoms with E-state index in [1.54, 1.807) is 31.2 Å². The van der Waals surface area contributed by atoms with Crippen molar-refractivity contribution < 1.29 is 14.1 Å². The standard InChI is InChI=1S/C15H20N4O3/c1-11-17-15(22-19-11)10-21-13-7-5-12(6-8-13)18-14(20)4-3-9-16-2/h5-8,16H,3-4,9-10H2,1-2H3,(H,18,20). The topological polar surface area (TPSA) is 89.3 Å². The van der Waals surface area contributed by atoms with Crippen molar-refractivity contribution >= 4 is 11.6 Å². The van der Waals surface area contributed by atoms with Gasteiger partial charge < -0.3 is 19.9 Å². The molecule has 0 aliphatic heterocycles. The molecule has 0 aliphatic rings. The highest BCUT2D eigenvalue weighted by Crippen LogP contribution is 2.17. The molecule has 7 heteroatoms. The maximum Gasteiger partial charge on any atom is 0.264 e. The van der Waals surface area contributed by atoms with Crippen LogP contribution in [0, 0.1) is 6.92 Å². The van der Waals surface area contributed by atoms with Crippen molar-refractivity contribution in [2.45, 2.75) is 26.4 Å². The first-order chi connectivity index (χ1) is 10.7. The van der Waals surface area contributed by atoms with Gasteiger partial charge in [0, 0.05) is 12.1 Å². The van der Waals surface area contributed by atoms with Crippen LogP contribution in [0.4, 0.5) is 5.69 Å². The lowest BCUT2D eigenvalue weighted by Crippen LogP contribution is -2.15. The normalized spacial score (nSPS) is 10.5. The van der Waals surface area contributed by atoms with Gasteiger partial charge in [0.25, 0.3) is 5.89 Å². The maximum atomic E-state index is 11.7. The number of aromatic nitrogens is 2. The first-order valence-corrected chi connectivity index (χ1v) is 7.14. The molecule has 1 heterocycles. The van der Waals surface area contributed by atoms with E-state index in [-0.39, 0.29) is 12.5 Å². The fraction of sp³-hybridized carbons (Fsp3) is 0.400. The van der Waals surface area contributed by atoms with Gasteiger partial charge in [0.1, 0.15) is 5.75 Å². The molecule has 1 aromatic carbocycles. The predicted octanol–water partition coefficient (Wildman–Crippen LogP) is 1.90. The summed E-state index contributed by atoms with van der Waals surface area (Å²) in [4.78, 5) is 15.7. The molecule has 0 unspecified atom stereocenters. The number of nitrogens with one attached hydrogen (secondary N) is 2. The summed E-state index contributed by atoms with van der Waals surface area (Å²) in [6, 6.07) is 7.16. The van der Waals surface area contributed by atoms with E-state index in [1.807, 2.05) is 7.05 Å². The predicted molar refractivity (Wildman–Crippen MR) is 81.6 cm³/mol. The van der Waals surface area contributed by atoms with Crippen LogP contribution in [0.2, 0.25) is 0 Å². The van der Waals surface area contributed by atoms with Crippen LogP contribution in [0.15, 0.2) is 28.8 Å². The molecule has 0 bridgehead atoms. The van der Waals surface area contributed by atoms with Crippen molar-refractivity contribution in [2.24, 2.45) is 0 Å². The van der Waals surface area contributed by atoms with E-state index in [0.717, 1.165) is 18.7 Å². The molecule has 22 heavy (non-hydrogen) atoms. The quantitative estimate of drug-likeness (QED) is 0.724. The lowest BCUT2D eigenvalue weighted by molar-refractivity contribution is -0.116. The average molecular weight is 304 g/mol. The highest BCUT2D eigenvalue weighted by molar-refractivity contribution is 5.90. The molecular weight excluding hydrogens is 284 g/mol. The molecule has 0 aliphatic carbocycles. The third-order valence-electron chi connectivity index (χ3n) is 2.90. The number of hydrogen-bond acceptors (Lipinski definition) is 6. The summed E-state index contributed by atoms with van der Waals surface area (Å²) in [6.07, 6.45) is 1.31. The van der Waals surface area contributed by atoms with Gasteiger partial charge in [0.05, 0.1) is 0 Å². The van der Waals surface area contributed by atoms with Gasteiger partial charge in [-0.05, 0) is 51.2 Å². The Morgan fingerprint density at radius 3 is 2.73 bits per heavy atom. The molecule has 7 nitrogen and oxygen atoms in total. The van der Waals surface area contributed by atoms with Crippen LogP contribution in [0.25, 0.3) is 0 Å². The number of hydrogen-bond donors (Lipinski definition) is 2. The van der Waals surface area contributed by atoms with E-state index < -0.39 is 0 Å². The largest absolute Gasteiger partial charge is 0.484 e. The monoisotopic (exact) mass is 304 g/mol. The Labute approximate surface area is 129 Å². The van der Waals surface area contributed by atoms with E-state index in [4.69, 9.17) is 9.26 Å². The number of anilines is 1.